The maximum Gasteiger partial charge on any atom is 0.227 e. The van der Waals surface area contributed by atoms with E-state index >= 15 is 0 Å². The molecule has 3 aromatic rings. The summed E-state index contributed by atoms with van der Waals surface area (Å²) in [6, 6.07) is 13.8. The second-order valence-corrected chi connectivity index (χ2v) is 10.4. The van der Waals surface area contributed by atoms with Crippen LogP contribution in [-0.2, 0) is 34.0 Å². The summed E-state index contributed by atoms with van der Waals surface area (Å²) in [6.45, 7) is 4.52. The molecular formula is C24H27NO4S. The molecule has 0 saturated carbocycles. The van der Waals surface area contributed by atoms with Crippen LogP contribution in [0.15, 0.2) is 53.1 Å². The van der Waals surface area contributed by atoms with Gasteiger partial charge in [-0.2, -0.15) is 0 Å². The predicted molar refractivity (Wildman–Crippen MR) is 118 cm³/mol. The number of carbonyl (C=O) groups excluding carboxylic acids is 1. The van der Waals surface area contributed by atoms with Gasteiger partial charge in [0.05, 0.1) is 24.2 Å². The van der Waals surface area contributed by atoms with Crippen LogP contribution in [0.5, 0.6) is 0 Å². The van der Waals surface area contributed by atoms with Gasteiger partial charge in [-0.25, -0.2) is 8.42 Å². The summed E-state index contributed by atoms with van der Waals surface area (Å²) in [6.07, 6.45) is 3.28. The number of benzene rings is 2. The maximum atomic E-state index is 13.4. The van der Waals surface area contributed by atoms with Gasteiger partial charge in [0.15, 0.2) is 9.84 Å². The fourth-order valence-corrected chi connectivity index (χ4v) is 5.85. The average Bonchev–Trinajstić information content (AvgIpc) is 3.29. The number of hydrogen-bond donors (Lipinski definition) is 0. The summed E-state index contributed by atoms with van der Waals surface area (Å²) >= 11 is 0. The molecule has 2 heterocycles. The fraction of sp³-hybridized carbons (Fsp3) is 0.375. The lowest BCUT2D eigenvalue weighted by molar-refractivity contribution is -0.133. The zero-order valence-electron chi connectivity index (χ0n) is 17.4. The molecule has 1 amide bonds. The van der Waals surface area contributed by atoms with Crippen molar-refractivity contribution in [2.24, 2.45) is 0 Å². The zero-order valence-corrected chi connectivity index (χ0v) is 18.2. The van der Waals surface area contributed by atoms with E-state index in [-0.39, 0.29) is 29.9 Å². The Hall–Kier alpha value is -2.60. The van der Waals surface area contributed by atoms with Crippen LogP contribution in [0.3, 0.4) is 0 Å². The van der Waals surface area contributed by atoms with Gasteiger partial charge < -0.3 is 9.32 Å². The number of carbonyl (C=O) groups is 1. The fourth-order valence-electron chi connectivity index (χ4n) is 4.12. The Labute approximate surface area is 177 Å². The smallest absolute Gasteiger partial charge is 0.227 e. The molecule has 0 N–H and O–H groups in total. The van der Waals surface area contributed by atoms with Crippen LogP contribution in [-0.4, -0.2) is 36.8 Å². The van der Waals surface area contributed by atoms with Crippen molar-refractivity contribution in [2.75, 3.05) is 11.5 Å². The third kappa shape index (κ3) is 4.43. The van der Waals surface area contributed by atoms with Gasteiger partial charge in [-0.15, -0.1) is 0 Å². The molecule has 1 atom stereocenters. The first kappa shape index (κ1) is 20.7. The highest BCUT2D eigenvalue weighted by atomic mass is 32.2. The number of hydrogen-bond acceptors (Lipinski definition) is 4. The first-order chi connectivity index (χ1) is 14.3. The Morgan fingerprint density at radius 2 is 1.87 bits per heavy atom. The highest BCUT2D eigenvalue weighted by Gasteiger charge is 2.34. The molecule has 158 valence electrons. The van der Waals surface area contributed by atoms with Crippen molar-refractivity contribution >= 4 is 26.7 Å². The normalized spacial score (nSPS) is 18.0. The molecule has 0 radical (unpaired) electrons. The van der Waals surface area contributed by atoms with Crippen molar-refractivity contribution in [1.82, 2.24) is 4.90 Å². The third-order valence-corrected chi connectivity index (χ3v) is 7.65. The second-order valence-electron chi connectivity index (χ2n) is 8.19. The minimum Gasteiger partial charge on any atom is -0.464 e. The molecule has 1 aliphatic heterocycles. The first-order valence-corrected chi connectivity index (χ1v) is 12.2. The van der Waals surface area contributed by atoms with E-state index in [1.807, 2.05) is 37.3 Å². The molecule has 0 spiro atoms. The van der Waals surface area contributed by atoms with Gasteiger partial charge in [0.25, 0.3) is 0 Å². The number of amides is 1. The van der Waals surface area contributed by atoms with Crippen LogP contribution in [0.1, 0.15) is 35.6 Å². The van der Waals surface area contributed by atoms with E-state index in [1.54, 1.807) is 11.2 Å². The standard InChI is InChI=1S/C24H27NO4S/c1-3-18-5-7-19(8-6-18)14-25(21-10-11-30(27,28)16-21)24(26)13-20-15-29-23-9-4-17(2)12-22(20)23/h4-9,12,15,21H,3,10-11,13-14,16H2,1-2H3. The molecule has 4 rings (SSSR count). The molecule has 5 nitrogen and oxygen atoms in total. The van der Waals surface area contributed by atoms with Crippen LogP contribution >= 0.6 is 0 Å². The van der Waals surface area contributed by atoms with Crippen LogP contribution in [0.4, 0.5) is 0 Å². The van der Waals surface area contributed by atoms with E-state index < -0.39 is 9.84 Å². The summed E-state index contributed by atoms with van der Waals surface area (Å²) in [4.78, 5) is 15.1. The van der Waals surface area contributed by atoms with Gasteiger partial charge in [-0.05, 0) is 43.0 Å². The third-order valence-electron chi connectivity index (χ3n) is 5.90. The minimum absolute atomic E-state index is 0.0387. The van der Waals surface area contributed by atoms with Crippen molar-refractivity contribution in [3.63, 3.8) is 0 Å². The van der Waals surface area contributed by atoms with Crippen LogP contribution in [0.2, 0.25) is 0 Å². The number of fused-ring (bicyclic) bond motifs is 1. The second kappa shape index (κ2) is 8.26. The largest absolute Gasteiger partial charge is 0.464 e. The molecule has 0 bridgehead atoms. The van der Waals surface area contributed by atoms with Gasteiger partial charge >= 0.3 is 0 Å². The van der Waals surface area contributed by atoms with Gasteiger partial charge in [0.2, 0.25) is 5.91 Å². The monoisotopic (exact) mass is 425 g/mol. The maximum absolute atomic E-state index is 13.4. The van der Waals surface area contributed by atoms with Crippen molar-refractivity contribution in [2.45, 2.75) is 45.7 Å². The molecule has 1 saturated heterocycles. The van der Waals surface area contributed by atoms with Gasteiger partial charge in [-0.3, -0.25) is 4.79 Å². The SMILES string of the molecule is CCc1ccc(CN(C(=O)Cc2coc3ccc(C)cc23)C2CCS(=O)(=O)C2)cc1. The van der Waals surface area contributed by atoms with E-state index in [9.17, 15) is 13.2 Å². The summed E-state index contributed by atoms with van der Waals surface area (Å²) in [5.41, 5.74) is 4.95. The molecule has 1 aromatic heterocycles. The van der Waals surface area contributed by atoms with Crippen LogP contribution in [0, 0.1) is 6.92 Å². The van der Waals surface area contributed by atoms with Gasteiger partial charge in [0.1, 0.15) is 5.58 Å². The summed E-state index contributed by atoms with van der Waals surface area (Å²) in [5, 5.41) is 0.939. The molecule has 1 unspecified atom stereocenters. The Morgan fingerprint density at radius 3 is 2.53 bits per heavy atom. The van der Waals surface area contributed by atoms with Crippen molar-refractivity contribution in [3.8, 4) is 0 Å². The number of furan rings is 1. The summed E-state index contributed by atoms with van der Waals surface area (Å²) in [5.74, 6) is 0.113. The van der Waals surface area contributed by atoms with Crippen LogP contribution < -0.4 is 0 Å². The minimum atomic E-state index is -3.09. The van der Waals surface area contributed by atoms with E-state index in [4.69, 9.17) is 4.42 Å². The summed E-state index contributed by atoms with van der Waals surface area (Å²) in [7, 11) is -3.09. The molecule has 6 heteroatoms. The molecular weight excluding hydrogens is 398 g/mol. The summed E-state index contributed by atoms with van der Waals surface area (Å²) < 4.78 is 29.8. The predicted octanol–water partition coefficient (Wildman–Crippen LogP) is 4.06. The first-order valence-electron chi connectivity index (χ1n) is 10.4. The number of sulfone groups is 1. The molecule has 1 aliphatic rings. The lowest BCUT2D eigenvalue weighted by Crippen LogP contribution is -2.41. The number of aryl methyl sites for hydroxylation is 2. The molecule has 30 heavy (non-hydrogen) atoms. The molecule has 0 aliphatic carbocycles. The Balaban J connectivity index is 1.60. The number of rotatable bonds is 6. The Bertz CT molecular complexity index is 1160. The zero-order chi connectivity index (χ0) is 21.3. The average molecular weight is 426 g/mol. The van der Waals surface area contributed by atoms with Gasteiger partial charge in [0, 0.05) is 23.5 Å². The van der Waals surface area contributed by atoms with Crippen molar-refractivity contribution in [1.29, 1.82) is 0 Å². The van der Waals surface area contributed by atoms with Crippen molar-refractivity contribution in [3.05, 3.63) is 71.0 Å². The van der Waals surface area contributed by atoms with E-state index in [1.165, 1.54) is 5.56 Å². The quantitative estimate of drug-likeness (QED) is 0.597. The van der Waals surface area contributed by atoms with E-state index in [2.05, 4.69) is 19.1 Å². The highest BCUT2D eigenvalue weighted by Crippen LogP contribution is 2.26. The van der Waals surface area contributed by atoms with Crippen LogP contribution in [0.25, 0.3) is 11.0 Å². The topological polar surface area (TPSA) is 67.6 Å². The Morgan fingerprint density at radius 1 is 1.13 bits per heavy atom. The van der Waals surface area contributed by atoms with Gasteiger partial charge in [-0.1, -0.05) is 42.8 Å². The molecule has 2 aromatic carbocycles. The lowest BCUT2D eigenvalue weighted by Gasteiger charge is -2.28. The van der Waals surface area contributed by atoms with E-state index in [0.717, 1.165) is 34.1 Å². The van der Waals surface area contributed by atoms with E-state index in [0.29, 0.717) is 13.0 Å². The number of nitrogens with zero attached hydrogens (tertiary/aromatic N) is 1. The lowest BCUT2D eigenvalue weighted by atomic mass is 10.1. The van der Waals surface area contributed by atoms with Crippen molar-refractivity contribution < 1.29 is 17.6 Å². The molecule has 1 fully saturated rings. The Kier molecular flexibility index (Phi) is 5.69. The highest BCUT2D eigenvalue weighted by molar-refractivity contribution is 7.91.